The Labute approximate surface area is 169 Å². The van der Waals surface area contributed by atoms with Crippen LogP contribution in [-0.4, -0.2) is 63.2 Å². The number of nitrogens with zero attached hydrogens (tertiary/aromatic N) is 5. The Morgan fingerprint density at radius 2 is 1.93 bits per heavy atom. The second-order valence-corrected chi connectivity index (χ2v) is 6.79. The zero-order valence-corrected chi connectivity index (χ0v) is 16.5. The molecule has 0 saturated carbocycles. The molecule has 2 amide bonds. The molecule has 150 valence electrons. The minimum atomic E-state index is 0.0164. The second kappa shape index (κ2) is 8.30. The molecule has 1 aliphatic rings. The average Bonchev–Trinajstić information content (AvgIpc) is 3.22. The van der Waals surface area contributed by atoms with Crippen LogP contribution in [0.3, 0.4) is 0 Å². The summed E-state index contributed by atoms with van der Waals surface area (Å²) in [6, 6.07) is 11.3. The fraction of sp³-hybridized carbons (Fsp3) is 0.333. The maximum Gasteiger partial charge on any atom is 0.320 e. The molecule has 1 saturated heterocycles. The summed E-state index contributed by atoms with van der Waals surface area (Å²) in [5.41, 5.74) is 1.61. The molecular weight excluding hydrogens is 370 g/mol. The zero-order chi connectivity index (χ0) is 20.2. The lowest BCUT2D eigenvalue weighted by atomic mass is 10.1. The molecular formula is C21H23N5O3. The lowest BCUT2D eigenvalue weighted by molar-refractivity contribution is 0.0319. The van der Waals surface area contributed by atoms with Crippen LogP contribution in [-0.2, 0) is 0 Å². The highest BCUT2D eigenvalue weighted by Gasteiger charge is 2.34. The number of hydrogen-bond donors (Lipinski definition) is 0. The number of benzene rings is 1. The number of pyridine rings is 1. The molecule has 0 spiro atoms. The first-order valence-corrected chi connectivity index (χ1v) is 9.73. The van der Waals surface area contributed by atoms with Crippen LogP contribution in [0, 0.1) is 0 Å². The molecule has 1 fully saturated rings. The minimum Gasteiger partial charge on any atom is -0.487 e. The van der Waals surface area contributed by atoms with Gasteiger partial charge in [-0.05, 0) is 50.2 Å². The Bertz CT molecular complexity index is 948. The van der Waals surface area contributed by atoms with Crippen LogP contribution in [0.5, 0.6) is 5.75 Å². The van der Waals surface area contributed by atoms with Crippen LogP contribution >= 0.6 is 0 Å². The Balaban J connectivity index is 1.34. The monoisotopic (exact) mass is 393 g/mol. The van der Waals surface area contributed by atoms with E-state index in [1.807, 2.05) is 60.0 Å². The fourth-order valence-corrected chi connectivity index (χ4v) is 3.19. The normalized spacial score (nSPS) is 13.8. The number of amides is 2. The van der Waals surface area contributed by atoms with Crippen molar-refractivity contribution in [2.24, 2.45) is 0 Å². The van der Waals surface area contributed by atoms with Gasteiger partial charge in [0.25, 0.3) is 5.89 Å². The first-order valence-electron chi connectivity index (χ1n) is 9.73. The maximum absolute atomic E-state index is 12.3. The molecule has 4 rings (SSSR count). The summed E-state index contributed by atoms with van der Waals surface area (Å²) < 4.78 is 11.3. The number of carbonyl (C=O) groups excluding carboxylic acids is 1. The van der Waals surface area contributed by atoms with Crippen molar-refractivity contribution in [3.8, 4) is 28.6 Å². The van der Waals surface area contributed by atoms with Gasteiger partial charge in [0, 0.05) is 31.0 Å². The number of urea groups is 1. The highest BCUT2D eigenvalue weighted by molar-refractivity contribution is 5.75. The van der Waals surface area contributed by atoms with E-state index in [4.69, 9.17) is 9.26 Å². The van der Waals surface area contributed by atoms with E-state index in [0.29, 0.717) is 24.8 Å². The van der Waals surface area contributed by atoms with Gasteiger partial charge in [0.2, 0.25) is 5.82 Å². The van der Waals surface area contributed by atoms with Crippen molar-refractivity contribution in [2.75, 3.05) is 26.2 Å². The highest BCUT2D eigenvalue weighted by atomic mass is 16.5. The van der Waals surface area contributed by atoms with Gasteiger partial charge in [-0.2, -0.15) is 4.98 Å². The number of carbonyl (C=O) groups is 1. The van der Waals surface area contributed by atoms with E-state index < -0.39 is 0 Å². The molecule has 0 atom stereocenters. The highest BCUT2D eigenvalue weighted by Crippen LogP contribution is 2.25. The summed E-state index contributed by atoms with van der Waals surface area (Å²) >= 11 is 0. The van der Waals surface area contributed by atoms with Crippen LogP contribution in [0.4, 0.5) is 4.79 Å². The standard InChI is InChI=1S/C21H23N5O3/c1-3-25(4-2)21(27)26-13-18(14-26)28-17-9-7-15(8-10-17)19-23-20(29-24-19)16-6-5-11-22-12-16/h5-12,18H,3-4,13-14H2,1-2H3. The maximum atomic E-state index is 12.3. The molecule has 3 heterocycles. The van der Waals surface area contributed by atoms with Gasteiger partial charge in [0.1, 0.15) is 11.9 Å². The van der Waals surface area contributed by atoms with Gasteiger partial charge in [-0.1, -0.05) is 5.16 Å². The SMILES string of the molecule is CCN(CC)C(=O)N1CC(Oc2ccc(-c3noc(-c4cccnc4)n3)cc2)C1. The molecule has 0 aliphatic carbocycles. The number of ether oxygens (including phenoxy) is 1. The molecule has 2 aromatic heterocycles. The van der Waals surface area contributed by atoms with Gasteiger partial charge in [-0.25, -0.2) is 4.79 Å². The lowest BCUT2D eigenvalue weighted by Crippen LogP contribution is -2.59. The molecule has 8 nitrogen and oxygen atoms in total. The Morgan fingerprint density at radius 3 is 2.59 bits per heavy atom. The van der Waals surface area contributed by atoms with Crippen LogP contribution in [0.1, 0.15) is 13.8 Å². The van der Waals surface area contributed by atoms with Crippen molar-refractivity contribution in [2.45, 2.75) is 20.0 Å². The van der Waals surface area contributed by atoms with Gasteiger partial charge >= 0.3 is 6.03 Å². The van der Waals surface area contributed by atoms with Crippen molar-refractivity contribution < 1.29 is 14.1 Å². The topological polar surface area (TPSA) is 84.6 Å². The van der Waals surface area contributed by atoms with Crippen molar-refractivity contribution >= 4 is 6.03 Å². The molecule has 0 bridgehead atoms. The molecule has 0 radical (unpaired) electrons. The van der Waals surface area contributed by atoms with E-state index in [1.165, 1.54) is 0 Å². The largest absolute Gasteiger partial charge is 0.487 e. The van der Waals surface area contributed by atoms with Gasteiger partial charge in [0.05, 0.1) is 18.7 Å². The van der Waals surface area contributed by atoms with Crippen molar-refractivity contribution in [3.63, 3.8) is 0 Å². The van der Waals surface area contributed by atoms with Gasteiger partial charge < -0.3 is 19.1 Å². The number of hydrogen-bond acceptors (Lipinski definition) is 6. The predicted octanol–water partition coefficient (Wildman–Crippen LogP) is 3.32. The third kappa shape index (κ3) is 4.06. The second-order valence-electron chi connectivity index (χ2n) is 6.79. The summed E-state index contributed by atoms with van der Waals surface area (Å²) in [5.74, 6) is 1.69. The third-order valence-electron chi connectivity index (χ3n) is 4.90. The summed E-state index contributed by atoms with van der Waals surface area (Å²) in [5, 5.41) is 4.04. The molecule has 1 aromatic carbocycles. The molecule has 0 unspecified atom stereocenters. The third-order valence-corrected chi connectivity index (χ3v) is 4.90. The quantitative estimate of drug-likeness (QED) is 0.639. The van der Waals surface area contributed by atoms with E-state index >= 15 is 0 Å². The molecule has 8 heteroatoms. The van der Waals surface area contributed by atoms with Crippen LogP contribution in [0.25, 0.3) is 22.8 Å². The average molecular weight is 393 g/mol. The first-order chi connectivity index (χ1) is 14.2. The first kappa shape index (κ1) is 18.9. The van der Waals surface area contributed by atoms with Gasteiger partial charge in [0.15, 0.2) is 0 Å². The zero-order valence-electron chi connectivity index (χ0n) is 16.5. The van der Waals surface area contributed by atoms with E-state index in [0.717, 1.165) is 30.0 Å². The van der Waals surface area contributed by atoms with Crippen molar-refractivity contribution in [1.29, 1.82) is 0 Å². The van der Waals surface area contributed by atoms with Gasteiger partial charge in [-0.15, -0.1) is 0 Å². The Hall–Kier alpha value is -3.42. The van der Waals surface area contributed by atoms with E-state index in [2.05, 4.69) is 15.1 Å². The number of aromatic nitrogens is 3. The molecule has 29 heavy (non-hydrogen) atoms. The molecule has 1 aliphatic heterocycles. The van der Waals surface area contributed by atoms with Crippen LogP contribution in [0.15, 0.2) is 53.3 Å². The van der Waals surface area contributed by atoms with E-state index in [9.17, 15) is 4.79 Å². The smallest absolute Gasteiger partial charge is 0.320 e. The molecule has 0 N–H and O–H groups in total. The van der Waals surface area contributed by atoms with Crippen molar-refractivity contribution in [3.05, 3.63) is 48.8 Å². The summed E-state index contributed by atoms with van der Waals surface area (Å²) in [4.78, 5) is 24.4. The summed E-state index contributed by atoms with van der Waals surface area (Å²) in [7, 11) is 0. The summed E-state index contributed by atoms with van der Waals surface area (Å²) in [6.07, 6.45) is 3.39. The number of rotatable bonds is 6. The Morgan fingerprint density at radius 1 is 1.17 bits per heavy atom. The van der Waals surface area contributed by atoms with Gasteiger partial charge in [-0.3, -0.25) is 4.98 Å². The number of likely N-dealkylation sites (tertiary alicyclic amines) is 1. The van der Waals surface area contributed by atoms with E-state index in [1.54, 1.807) is 12.4 Å². The molecule has 3 aromatic rings. The Kier molecular flexibility index (Phi) is 5.41. The van der Waals surface area contributed by atoms with Crippen LogP contribution in [0.2, 0.25) is 0 Å². The van der Waals surface area contributed by atoms with Crippen molar-refractivity contribution in [1.82, 2.24) is 24.9 Å². The van der Waals surface area contributed by atoms with E-state index in [-0.39, 0.29) is 12.1 Å². The minimum absolute atomic E-state index is 0.0164. The summed E-state index contributed by atoms with van der Waals surface area (Å²) in [6.45, 7) is 6.63. The predicted molar refractivity (Wildman–Crippen MR) is 107 cm³/mol. The van der Waals surface area contributed by atoms with Crippen LogP contribution < -0.4 is 4.74 Å². The fourth-order valence-electron chi connectivity index (χ4n) is 3.19. The lowest BCUT2D eigenvalue weighted by Gasteiger charge is -2.41.